The summed E-state index contributed by atoms with van der Waals surface area (Å²) in [6.07, 6.45) is 8.55. The standard InChI is InChI=1S/C23H24O3/c1-20(14-15-21-10-4-2-5-11-21)25-18-8-9-19-26-23(24)17-16-22-12-6-3-7-13-22/h2-7,10-17H,1,8-9,18-19H2. The van der Waals surface area contributed by atoms with Gasteiger partial charge in [0.1, 0.15) is 5.76 Å². The minimum Gasteiger partial charge on any atom is -0.494 e. The first kappa shape index (κ1) is 19.3. The molecule has 134 valence electrons. The van der Waals surface area contributed by atoms with Crippen LogP contribution in [-0.4, -0.2) is 19.2 Å². The molecule has 26 heavy (non-hydrogen) atoms. The van der Waals surface area contributed by atoms with E-state index in [4.69, 9.17) is 9.47 Å². The van der Waals surface area contributed by atoms with Crippen LogP contribution in [0.4, 0.5) is 0 Å². The summed E-state index contributed by atoms with van der Waals surface area (Å²) in [7, 11) is 0. The lowest BCUT2D eigenvalue weighted by atomic mass is 10.2. The molecule has 0 unspecified atom stereocenters. The van der Waals surface area contributed by atoms with Crippen molar-refractivity contribution in [1.82, 2.24) is 0 Å². The summed E-state index contributed by atoms with van der Waals surface area (Å²) in [5, 5.41) is 0. The Morgan fingerprint density at radius 2 is 1.27 bits per heavy atom. The van der Waals surface area contributed by atoms with Crippen LogP contribution in [0.2, 0.25) is 0 Å². The van der Waals surface area contributed by atoms with Gasteiger partial charge in [0.15, 0.2) is 0 Å². The van der Waals surface area contributed by atoms with Gasteiger partial charge < -0.3 is 9.47 Å². The maximum Gasteiger partial charge on any atom is 0.330 e. The normalized spacial score (nSPS) is 10.9. The zero-order chi connectivity index (χ0) is 18.5. The van der Waals surface area contributed by atoms with Crippen molar-refractivity contribution in [3.8, 4) is 0 Å². The topological polar surface area (TPSA) is 35.5 Å². The van der Waals surface area contributed by atoms with Crippen molar-refractivity contribution in [2.75, 3.05) is 13.2 Å². The summed E-state index contributed by atoms with van der Waals surface area (Å²) in [5.41, 5.74) is 2.08. The number of allylic oxidation sites excluding steroid dienone is 1. The van der Waals surface area contributed by atoms with Crippen LogP contribution in [0.25, 0.3) is 12.2 Å². The zero-order valence-electron chi connectivity index (χ0n) is 14.8. The number of esters is 1. The predicted molar refractivity (Wildman–Crippen MR) is 106 cm³/mol. The number of hydrogen-bond donors (Lipinski definition) is 0. The Hall–Kier alpha value is -3.07. The summed E-state index contributed by atoms with van der Waals surface area (Å²) in [6.45, 7) is 4.80. The Bertz CT molecular complexity index is 665. The van der Waals surface area contributed by atoms with Crippen molar-refractivity contribution < 1.29 is 14.3 Å². The number of unbranched alkanes of at least 4 members (excludes halogenated alkanes) is 1. The minimum absolute atomic E-state index is 0.329. The molecule has 2 aromatic carbocycles. The van der Waals surface area contributed by atoms with Gasteiger partial charge in [-0.3, -0.25) is 0 Å². The van der Waals surface area contributed by atoms with E-state index in [9.17, 15) is 4.79 Å². The maximum atomic E-state index is 11.6. The van der Waals surface area contributed by atoms with Gasteiger partial charge in [-0.05, 0) is 36.1 Å². The molecule has 0 radical (unpaired) electrons. The van der Waals surface area contributed by atoms with Gasteiger partial charge in [-0.25, -0.2) is 4.79 Å². The maximum absolute atomic E-state index is 11.6. The van der Waals surface area contributed by atoms with Crippen LogP contribution in [0.5, 0.6) is 0 Å². The third-order valence-electron chi connectivity index (χ3n) is 3.54. The first-order valence-corrected chi connectivity index (χ1v) is 8.69. The van der Waals surface area contributed by atoms with E-state index in [0.29, 0.717) is 19.0 Å². The Morgan fingerprint density at radius 3 is 1.85 bits per heavy atom. The van der Waals surface area contributed by atoms with Crippen molar-refractivity contribution in [1.29, 1.82) is 0 Å². The molecule has 0 saturated heterocycles. The average molecular weight is 348 g/mol. The van der Waals surface area contributed by atoms with Crippen molar-refractivity contribution >= 4 is 18.1 Å². The van der Waals surface area contributed by atoms with Crippen LogP contribution in [0, 0.1) is 0 Å². The van der Waals surface area contributed by atoms with Crippen LogP contribution in [0.3, 0.4) is 0 Å². The molecule has 0 aliphatic carbocycles. The van der Waals surface area contributed by atoms with E-state index in [1.807, 2.05) is 72.8 Å². The van der Waals surface area contributed by atoms with E-state index >= 15 is 0 Å². The molecule has 3 nitrogen and oxygen atoms in total. The highest BCUT2D eigenvalue weighted by Gasteiger charge is 1.98. The lowest BCUT2D eigenvalue weighted by Crippen LogP contribution is -2.03. The molecule has 0 bridgehead atoms. The highest BCUT2D eigenvalue weighted by atomic mass is 16.5. The van der Waals surface area contributed by atoms with E-state index in [-0.39, 0.29) is 5.97 Å². The Balaban J connectivity index is 1.53. The second-order valence-corrected chi connectivity index (χ2v) is 5.68. The van der Waals surface area contributed by atoms with Crippen molar-refractivity contribution in [2.24, 2.45) is 0 Å². The van der Waals surface area contributed by atoms with Crippen molar-refractivity contribution in [3.05, 3.63) is 96.3 Å². The third-order valence-corrected chi connectivity index (χ3v) is 3.54. The number of ether oxygens (including phenoxy) is 2. The Kier molecular flexibility index (Phi) is 8.50. The summed E-state index contributed by atoms with van der Waals surface area (Å²) in [6, 6.07) is 19.6. The first-order chi connectivity index (χ1) is 12.7. The molecule has 0 heterocycles. The minimum atomic E-state index is -0.329. The fourth-order valence-corrected chi connectivity index (χ4v) is 2.16. The van der Waals surface area contributed by atoms with Gasteiger partial charge in [0.25, 0.3) is 0 Å². The van der Waals surface area contributed by atoms with Crippen LogP contribution >= 0.6 is 0 Å². The van der Waals surface area contributed by atoms with Gasteiger partial charge in [-0.15, -0.1) is 0 Å². The van der Waals surface area contributed by atoms with E-state index < -0.39 is 0 Å². The second kappa shape index (κ2) is 11.5. The van der Waals surface area contributed by atoms with Gasteiger partial charge in [0.2, 0.25) is 0 Å². The fourth-order valence-electron chi connectivity index (χ4n) is 2.16. The Morgan fingerprint density at radius 1 is 0.769 bits per heavy atom. The average Bonchev–Trinajstić information content (AvgIpc) is 2.69. The molecule has 0 aromatic heterocycles. The molecule has 0 aliphatic heterocycles. The SMILES string of the molecule is C=C(C=Cc1ccccc1)OCCCCOC(=O)C=Cc1ccccc1. The largest absolute Gasteiger partial charge is 0.494 e. The summed E-state index contributed by atoms with van der Waals surface area (Å²) >= 11 is 0. The zero-order valence-corrected chi connectivity index (χ0v) is 14.8. The van der Waals surface area contributed by atoms with Gasteiger partial charge in [0, 0.05) is 6.08 Å². The summed E-state index contributed by atoms with van der Waals surface area (Å²) in [5.74, 6) is 0.293. The smallest absolute Gasteiger partial charge is 0.330 e. The van der Waals surface area contributed by atoms with E-state index in [0.717, 1.165) is 24.0 Å². The van der Waals surface area contributed by atoms with Crippen molar-refractivity contribution in [3.63, 3.8) is 0 Å². The van der Waals surface area contributed by atoms with Crippen LogP contribution in [-0.2, 0) is 14.3 Å². The lowest BCUT2D eigenvalue weighted by Gasteiger charge is -2.06. The molecular formula is C23H24O3. The molecule has 0 aliphatic rings. The lowest BCUT2D eigenvalue weighted by molar-refractivity contribution is -0.137. The molecule has 0 spiro atoms. The molecule has 2 aromatic rings. The van der Waals surface area contributed by atoms with Crippen LogP contribution < -0.4 is 0 Å². The summed E-state index contributed by atoms with van der Waals surface area (Å²) in [4.78, 5) is 11.6. The molecule has 0 fully saturated rings. The monoisotopic (exact) mass is 348 g/mol. The Labute approximate surface area is 155 Å². The highest BCUT2D eigenvalue weighted by Crippen LogP contribution is 2.06. The molecular weight excluding hydrogens is 324 g/mol. The summed E-state index contributed by atoms with van der Waals surface area (Å²) < 4.78 is 10.7. The number of carbonyl (C=O) groups excluding carboxylic acids is 1. The molecule has 0 amide bonds. The highest BCUT2D eigenvalue weighted by molar-refractivity contribution is 5.86. The van der Waals surface area contributed by atoms with Gasteiger partial charge in [-0.1, -0.05) is 73.3 Å². The van der Waals surface area contributed by atoms with E-state index in [1.54, 1.807) is 6.08 Å². The third kappa shape index (κ3) is 8.15. The molecule has 3 heteroatoms. The number of rotatable bonds is 10. The molecule has 0 saturated carbocycles. The van der Waals surface area contributed by atoms with Crippen LogP contribution in [0.1, 0.15) is 24.0 Å². The van der Waals surface area contributed by atoms with Gasteiger partial charge in [-0.2, -0.15) is 0 Å². The van der Waals surface area contributed by atoms with E-state index in [2.05, 4.69) is 6.58 Å². The second-order valence-electron chi connectivity index (χ2n) is 5.68. The molecule has 0 atom stereocenters. The quantitative estimate of drug-likeness (QED) is 0.193. The van der Waals surface area contributed by atoms with Gasteiger partial charge in [0.05, 0.1) is 13.2 Å². The fraction of sp³-hybridized carbons (Fsp3) is 0.174. The van der Waals surface area contributed by atoms with Crippen molar-refractivity contribution in [2.45, 2.75) is 12.8 Å². The van der Waals surface area contributed by atoms with Crippen LogP contribution in [0.15, 0.2) is 85.2 Å². The molecule has 2 rings (SSSR count). The number of carbonyl (C=O) groups is 1. The first-order valence-electron chi connectivity index (χ1n) is 8.69. The predicted octanol–water partition coefficient (Wildman–Crippen LogP) is 5.27. The number of hydrogen-bond acceptors (Lipinski definition) is 3. The number of benzene rings is 2. The van der Waals surface area contributed by atoms with E-state index in [1.165, 1.54) is 6.08 Å². The molecule has 0 N–H and O–H groups in total. The van der Waals surface area contributed by atoms with Gasteiger partial charge >= 0.3 is 5.97 Å².